The van der Waals surface area contributed by atoms with Crippen LogP contribution >= 0.6 is 0 Å². The zero-order chi connectivity index (χ0) is 20.7. The van der Waals surface area contributed by atoms with Crippen LogP contribution in [0.4, 0.5) is 13.2 Å². The molecule has 9 heteroatoms. The van der Waals surface area contributed by atoms with Gasteiger partial charge < -0.3 is 9.47 Å². The molecule has 6 nitrogen and oxygen atoms in total. The Labute approximate surface area is 170 Å². The van der Waals surface area contributed by atoms with Crippen molar-refractivity contribution in [2.24, 2.45) is 0 Å². The van der Waals surface area contributed by atoms with Crippen LogP contribution in [0.15, 0.2) is 42.6 Å². The molecular weight excluding hydrogens is 397 g/mol. The van der Waals surface area contributed by atoms with E-state index in [1.54, 1.807) is 0 Å². The monoisotopic (exact) mass is 414 g/mol. The minimum absolute atomic E-state index is 0.219. The summed E-state index contributed by atoms with van der Waals surface area (Å²) in [6, 6.07) is 11.5. The van der Waals surface area contributed by atoms with Crippen LogP contribution in [0.25, 0.3) is 11.3 Å². The Morgan fingerprint density at radius 2 is 1.90 bits per heavy atom. The fraction of sp³-hybridized carbons (Fsp3) is 0.286. The van der Waals surface area contributed by atoms with Crippen molar-refractivity contribution in [2.45, 2.75) is 25.7 Å². The van der Waals surface area contributed by atoms with Crippen molar-refractivity contribution < 1.29 is 22.6 Å². The number of halogens is 3. The lowest BCUT2D eigenvalue weighted by Gasteiger charge is -2.27. The SMILES string of the molecule is FC(F)(F)c1ncc2c(n1)CCN(Cc1cccc(-c3ccc4c(c3)OCO4)n1)C2. The molecule has 0 unspecified atom stereocenters. The molecule has 0 fully saturated rings. The van der Waals surface area contributed by atoms with Gasteiger partial charge in [0.05, 0.1) is 17.1 Å². The predicted octanol–water partition coefficient (Wildman–Crippen LogP) is 3.84. The molecular formula is C21H17F3N4O2. The topological polar surface area (TPSA) is 60.4 Å². The van der Waals surface area contributed by atoms with E-state index in [0.717, 1.165) is 28.3 Å². The van der Waals surface area contributed by atoms with Crippen molar-refractivity contribution >= 4 is 0 Å². The first-order chi connectivity index (χ1) is 14.5. The number of alkyl halides is 3. The van der Waals surface area contributed by atoms with Gasteiger partial charge in [-0.25, -0.2) is 9.97 Å². The Morgan fingerprint density at radius 3 is 2.77 bits per heavy atom. The van der Waals surface area contributed by atoms with E-state index in [1.165, 1.54) is 6.20 Å². The largest absolute Gasteiger partial charge is 0.454 e. The molecule has 0 radical (unpaired) electrons. The van der Waals surface area contributed by atoms with Crippen molar-refractivity contribution in [3.05, 3.63) is 65.4 Å². The van der Waals surface area contributed by atoms with E-state index in [0.29, 0.717) is 37.5 Å². The molecule has 4 heterocycles. The molecule has 0 atom stereocenters. The van der Waals surface area contributed by atoms with Gasteiger partial charge in [0, 0.05) is 43.4 Å². The molecule has 0 amide bonds. The van der Waals surface area contributed by atoms with E-state index in [-0.39, 0.29) is 6.79 Å². The second-order valence-corrected chi connectivity index (χ2v) is 7.21. The highest BCUT2D eigenvalue weighted by atomic mass is 19.4. The van der Waals surface area contributed by atoms with Crippen LogP contribution in [0.5, 0.6) is 11.5 Å². The van der Waals surface area contributed by atoms with Gasteiger partial charge in [-0.2, -0.15) is 13.2 Å². The molecule has 2 aliphatic heterocycles. The maximum absolute atomic E-state index is 12.8. The van der Waals surface area contributed by atoms with E-state index in [1.807, 2.05) is 36.4 Å². The number of hydrogen-bond donors (Lipinski definition) is 0. The number of benzene rings is 1. The van der Waals surface area contributed by atoms with Gasteiger partial charge in [-0.3, -0.25) is 9.88 Å². The van der Waals surface area contributed by atoms with Crippen LogP contribution in [-0.4, -0.2) is 33.2 Å². The Balaban J connectivity index is 1.32. The summed E-state index contributed by atoms with van der Waals surface area (Å²) in [6.45, 7) is 1.90. The lowest BCUT2D eigenvalue weighted by Crippen LogP contribution is -2.32. The molecule has 0 saturated carbocycles. The van der Waals surface area contributed by atoms with Gasteiger partial charge >= 0.3 is 6.18 Å². The predicted molar refractivity (Wildman–Crippen MR) is 101 cm³/mol. The van der Waals surface area contributed by atoms with Gasteiger partial charge in [-0.1, -0.05) is 6.07 Å². The maximum atomic E-state index is 12.8. The first-order valence-corrected chi connectivity index (χ1v) is 9.46. The van der Waals surface area contributed by atoms with Crippen LogP contribution < -0.4 is 9.47 Å². The highest BCUT2D eigenvalue weighted by molar-refractivity contribution is 5.64. The Morgan fingerprint density at radius 1 is 1.03 bits per heavy atom. The van der Waals surface area contributed by atoms with Gasteiger partial charge in [0.2, 0.25) is 12.6 Å². The van der Waals surface area contributed by atoms with Gasteiger partial charge in [-0.15, -0.1) is 0 Å². The summed E-state index contributed by atoms with van der Waals surface area (Å²) >= 11 is 0. The fourth-order valence-corrected chi connectivity index (χ4v) is 3.66. The average Bonchev–Trinajstić information content (AvgIpc) is 3.21. The molecule has 2 aromatic heterocycles. The number of rotatable bonds is 3. The summed E-state index contributed by atoms with van der Waals surface area (Å²) in [4.78, 5) is 14.1. The number of pyridine rings is 1. The van der Waals surface area contributed by atoms with E-state index < -0.39 is 12.0 Å². The molecule has 0 aliphatic carbocycles. The lowest BCUT2D eigenvalue weighted by atomic mass is 10.1. The quantitative estimate of drug-likeness (QED) is 0.649. The zero-order valence-corrected chi connectivity index (χ0v) is 15.8. The van der Waals surface area contributed by atoms with Gasteiger partial charge in [0.15, 0.2) is 11.5 Å². The van der Waals surface area contributed by atoms with E-state index in [2.05, 4.69) is 14.9 Å². The molecule has 0 N–H and O–H groups in total. The highest BCUT2D eigenvalue weighted by Crippen LogP contribution is 2.35. The average molecular weight is 414 g/mol. The van der Waals surface area contributed by atoms with Crippen LogP contribution in [-0.2, 0) is 25.7 Å². The second kappa shape index (κ2) is 7.24. The second-order valence-electron chi connectivity index (χ2n) is 7.21. The fourth-order valence-electron chi connectivity index (χ4n) is 3.66. The summed E-state index contributed by atoms with van der Waals surface area (Å²) in [7, 11) is 0. The van der Waals surface area contributed by atoms with Crippen molar-refractivity contribution in [1.82, 2.24) is 19.9 Å². The van der Waals surface area contributed by atoms with Crippen molar-refractivity contribution in [3.8, 4) is 22.8 Å². The van der Waals surface area contributed by atoms with Crippen molar-refractivity contribution in [3.63, 3.8) is 0 Å². The van der Waals surface area contributed by atoms with Gasteiger partial charge in [-0.05, 0) is 30.3 Å². The summed E-state index contributed by atoms with van der Waals surface area (Å²) in [6.07, 6.45) is -2.79. The standard InChI is InChI=1S/C21H17F3N4O2/c22-21(23,24)20-25-9-14-10-28(7-6-17(14)27-20)11-15-2-1-3-16(26-15)13-4-5-18-19(8-13)30-12-29-18/h1-5,8-9H,6-7,10-12H2. The van der Waals surface area contributed by atoms with Crippen LogP contribution in [0.1, 0.15) is 22.8 Å². The summed E-state index contributed by atoms with van der Waals surface area (Å²) in [5.41, 5.74) is 3.82. The minimum atomic E-state index is -4.52. The normalized spacial score (nSPS) is 15.8. The summed E-state index contributed by atoms with van der Waals surface area (Å²) < 4.78 is 49.2. The van der Waals surface area contributed by atoms with E-state index in [9.17, 15) is 13.2 Å². The van der Waals surface area contributed by atoms with Crippen LogP contribution in [0, 0.1) is 0 Å². The zero-order valence-electron chi connectivity index (χ0n) is 15.8. The highest BCUT2D eigenvalue weighted by Gasteiger charge is 2.35. The maximum Gasteiger partial charge on any atom is 0.451 e. The molecule has 2 aliphatic rings. The Bertz CT molecular complexity index is 1100. The molecule has 1 aromatic carbocycles. The Hall–Kier alpha value is -3.20. The first-order valence-electron chi connectivity index (χ1n) is 9.46. The molecule has 0 spiro atoms. The molecule has 0 saturated heterocycles. The molecule has 30 heavy (non-hydrogen) atoms. The molecule has 5 rings (SSSR count). The minimum Gasteiger partial charge on any atom is -0.454 e. The van der Waals surface area contributed by atoms with Crippen molar-refractivity contribution in [1.29, 1.82) is 0 Å². The van der Waals surface area contributed by atoms with Crippen molar-refractivity contribution in [2.75, 3.05) is 13.3 Å². The molecule has 3 aromatic rings. The number of fused-ring (bicyclic) bond motifs is 2. The van der Waals surface area contributed by atoms with Gasteiger partial charge in [0.1, 0.15) is 0 Å². The third kappa shape index (κ3) is 3.68. The summed E-state index contributed by atoms with van der Waals surface area (Å²) in [5.74, 6) is 0.344. The number of nitrogens with zero attached hydrogens (tertiary/aromatic N) is 4. The third-order valence-electron chi connectivity index (χ3n) is 5.13. The van der Waals surface area contributed by atoms with Gasteiger partial charge in [0.25, 0.3) is 0 Å². The number of hydrogen-bond acceptors (Lipinski definition) is 6. The first kappa shape index (κ1) is 18.8. The summed E-state index contributed by atoms with van der Waals surface area (Å²) in [5, 5.41) is 0. The number of ether oxygens (including phenoxy) is 2. The van der Waals surface area contributed by atoms with Crippen LogP contribution in [0.2, 0.25) is 0 Å². The molecule has 154 valence electrons. The molecule has 0 bridgehead atoms. The Kier molecular flexibility index (Phi) is 4.54. The van der Waals surface area contributed by atoms with Crippen LogP contribution in [0.3, 0.4) is 0 Å². The van der Waals surface area contributed by atoms with E-state index in [4.69, 9.17) is 14.5 Å². The van der Waals surface area contributed by atoms with E-state index >= 15 is 0 Å². The lowest BCUT2D eigenvalue weighted by molar-refractivity contribution is -0.145. The third-order valence-corrected chi connectivity index (χ3v) is 5.13. The smallest absolute Gasteiger partial charge is 0.451 e. The number of aromatic nitrogens is 3.